The highest BCUT2D eigenvalue weighted by atomic mass is 35.5. The molecule has 0 aliphatic carbocycles. The summed E-state index contributed by atoms with van der Waals surface area (Å²) in [4.78, 5) is 22.0. The van der Waals surface area contributed by atoms with Gasteiger partial charge in [-0.05, 0) is 19.1 Å². The van der Waals surface area contributed by atoms with Crippen LogP contribution in [0.15, 0.2) is 18.2 Å². The molecule has 0 bridgehead atoms. The van der Waals surface area contributed by atoms with Crippen molar-refractivity contribution in [2.24, 2.45) is 0 Å². The number of carbonyl (C=O) groups is 2. The Labute approximate surface area is 96.0 Å². The number of carbonyl (C=O) groups excluding carboxylic acids is 1. The minimum absolute atomic E-state index is 0.0882. The average Bonchev–Trinajstić information content (AvgIpc) is 2.21. The summed E-state index contributed by atoms with van der Waals surface area (Å²) in [6.45, 7) is 1.30. The summed E-state index contributed by atoms with van der Waals surface area (Å²) in [6.07, 6.45) is 0. The van der Waals surface area contributed by atoms with E-state index in [1.165, 1.54) is 19.1 Å². The van der Waals surface area contributed by atoms with Crippen LogP contribution in [0.4, 0.5) is 4.39 Å². The molecule has 0 fully saturated rings. The Morgan fingerprint density at radius 2 is 2.12 bits per heavy atom. The maximum absolute atomic E-state index is 13.0. The van der Waals surface area contributed by atoms with E-state index in [2.05, 4.69) is 5.32 Å². The van der Waals surface area contributed by atoms with E-state index in [1.807, 2.05) is 0 Å². The largest absolute Gasteiger partial charge is 0.480 e. The highest BCUT2D eigenvalue weighted by Crippen LogP contribution is 2.19. The molecule has 16 heavy (non-hydrogen) atoms. The Morgan fingerprint density at radius 1 is 1.50 bits per heavy atom. The Bertz CT molecular complexity index is 436. The van der Waals surface area contributed by atoms with Gasteiger partial charge in [-0.1, -0.05) is 17.7 Å². The van der Waals surface area contributed by atoms with Crippen molar-refractivity contribution in [1.82, 2.24) is 5.32 Å². The van der Waals surface area contributed by atoms with Crippen molar-refractivity contribution in [2.75, 3.05) is 0 Å². The SMILES string of the molecule is CC(NC(=O)c1cccc(F)c1Cl)C(=O)O. The van der Waals surface area contributed by atoms with E-state index < -0.39 is 23.7 Å². The number of hydrogen-bond donors (Lipinski definition) is 2. The van der Waals surface area contributed by atoms with Crippen molar-refractivity contribution in [3.05, 3.63) is 34.6 Å². The van der Waals surface area contributed by atoms with Crippen LogP contribution in [-0.4, -0.2) is 23.0 Å². The molecule has 6 heteroatoms. The molecule has 0 radical (unpaired) electrons. The number of rotatable bonds is 3. The number of hydrogen-bond acceptors (Lipinski definition) is 2. The van der Waals surface area contributed by atoms with Gasteiger partial charge in [-0.15, -0.1) is 0 Å². The summed E-state index contributed by atoms with van der Waals surface area (Å²) < 4.78 is 13.0. The molecule has 0 saturated heterocycles. The summed E-state index contributed by atoms with van der Waals surface area (Å²) in [6, 6.07) is 2.68. The van der Waals surface area contributed by atoms with E-state index in [-0.39, 0.29) is 10.6 Å². The zero-order chi connectivity index (χ0) is 12.3. The van der Waals surface area contributed by atoms with Crippen LogP contribution in [0.25, 0.3) is 0 Å². The van der Waals surface area contributed by atoms with E-state index in [9.17, 15) is 14.0 Å². The minimum atomic E-state index is -1.18. The minimum Gasteiger partial charge on any atom is -0.480 e. The van der Waals surface area contributed by atoms with Gasteiger partial charge in [0.2, 0.25) is 0 Å². The van der Waals surface area contributed by atoms with Crippen molar-refractivity contribution in [2.45, 2.75) is 13.0 Å². The second-order valence-electron chi connectivity index (χ2n) is 3.13. The van der Waals surface area contributed by atoms with Gasteiger partial charge in [-0.25, -0.2) is 4.39 Å². The number of halogens is 2. The molecule has 0 saturated carbocycles. The summed E-state index contributed by atoms with van der Waals surface area (Å²) in [7, 11) is 0. The number of aliphatic carboxylic acids is 1. The molecule has 0 aromatic heterocycles. The van der Waals surface area contributed by atoms with Crippen LogP contribution >= 0.6 is 11.6 Å². The topological polar surface area (TPSA) is 66.4 Å². The average molecular weight is 246 g/mol. The molecule has 1 aromatic rings. The highest BCUT2D eigenvalue weighted by molar-refractivity contribution is 6.34. The molecule has 1 unspecified atom stereocenters. The zero-order valence-corrected chi connectivity index (χ0v) is 9.08. The van der Waals surface area contributed by atoms with Crippen LogP contribution in [0.2, 0.25) is 5.02 Å². The first kappa shape index (κ1) is 12.4. The van der Waals surface area contributed by atoms with Crippen molar-refractivity contribution in [3.8, 4) is 0 Å². The molecule has 0 heterocycles. The molecule has 1 amide bonds. The first-order valence-electron chi connectivity index (χ1n) is 4.41. The molecule has 86 valence electrons. The van der Waals surface area contributed by atoms with Gasteiger partial charge < -0.3 is 10.4 Å². The Hall–Kier alpha value is -1.62. The van der Waals surface area contributed by atoms with Crippen LogP contribution in [0.3, 0.4) is 0 Å². The first-order valence-corrected chi connectivity index (χ1v) is 4.79. The van der Waals surface area contributed by atoms with Crippen LogP contribution in [0.1, 0.15) is 17.3 Å². The monoisotopic (exact) mass is 245 g/mol. The lowest BCUT2D eigenvalue weighted by molar-refractivity contribution is -0.138. The molecule has 1 aromatic carbocycles. The Morgan fingerprint density at radius 3 is 2.69 bits per heavy atom. The summed E-state index contributed by atoms with van der Waals surface area (Å²) in [5.41, 5.74) is -0.0882. The molecule has 4 nitrogen and oxygen atoms in total. The fourth-order valence-corrected chi connectivity index (χ4v) is 1.23. The van der Waals surface area contributed by atoms with E-state index >= 15 is 0 Å². The number of amides is 1. The molecular weight excluding hydrogens is 237 g/mol. The van der Waals surface area contributed by atoms with Gasteiger partial charge in [0.1, 0.15) is 11.9 Å². The number of carboxylic acids is 1. The van der Waals surface area contributed by atoms with Gasteiger partial charge in [0.15, 0.2) is 0 Å². The van der Waals surface area contributed by atoms with E-state index in [0.29, 0.717) is 0 Å². The van der Waals surface area contributed by atoms with Gasteiger partial charge >= 0.3 is 5.97 Å². The zero-order valence-electron chi connectivity index (χ0n) is 8.33. The highest BCUT2D eigenvalue weighted by Gasteiger charge is 2.18. The summed E-state index contributed by atoms with van der Waals surface area (Å²) in [5.74, 6) is -2.63. The van der Waals surface area contributed by atoms with Crippen molar-refractivity contribution in [1.29, 1.82) is 0 Å². The second-order valence-corrected chi connectivity index (χ2v) is 3.51. The summed E-state index contributed by atoms with van der Waals surface area (Å²) >= 11 is 5.57. The Kier molecular flexibility index (Phi) is 3.84. The van der Waals surface area contributed by atoms with E-state index in [4.69, 9.17) is 16.7 Å². The van der Waals surface area contributed by atoms with E-state index in [1.54, 1.807) is 0 Å². The standard InChI is InChI=1S/C10H9ClFNO3/c1-5(10(15)16)13-9(14)6-3-2-4-7(12)8(6)11/h2-5H,1H3,(H,13,14)(H,15,16). The Balaban J connectivity index is 2.89. The molecule has 1 atom stereocenters. The quantitative estimate of drug-likeness (QED) is 0.852. The fraction of sp³-hybridized carbons (Fsp3) is 0.200. The third kappa shape index (κ3) is 2.70. The number of nitrogens with one attached hydrogen (secondary N) is 1. The third-order valence-electron chi connectivity index (χ3n) is 1.91. The second kappa shape index (κ2) is 4.94. The maximum Gasteiger partial charge on any atom is 0.325 e. The van der Waals surface area contributed by atoms with Crippen molar-refractivity contribution >= 4 is 23.5 Å². The van der Waals surface area contributed by atoms with Crippen LogP contribution in [-0.2, 0) is 4.79 Å². The predicted octanol–water partition coefficient (Wildman–Crippen LogP) is 1.68. The summed E-state index contributed by atoms with van der Waals surface area (Å²) in [5, 5.41) is 10.4. The smallest absolute Gasteiger partial charge is 0.325 e. The molecule has 0 aliphatic rings. The predicted molar refractivity (Wildman–Crippen MR) is 56.0 cm³/mol. The third-order valence-corrected chi connectivity index (χ3v) is 2.30. The molecular formula is C10H9ClFNO3. The molecule has 0 aliphatic heterocycles. The molecule has 1 rings (SSSR count). The maximum atomic E-state index is 13.0. The van der Waals surface area contributed by atoms with Gasteiger partial charge in [-0.3, -0.25) is 9.59 Å². The normalized spacial score (nSPS) is 11.9. The lowest BCUT2D eigenvalue weighted by atomic mass is 10.2. The van der Waals surface area contributed by atoms with E-state index in [0.717, 1.165) is 6.07 Å². The lowest BCUT2D eigenvalue weighted by Crippen LogP contribution is -2.38. The van der Waals surface area contributed by atoms with Gasteiger partial charge in [0, 0.05) is 0 Å². The van der Waals surface area contributed by atoms with Crippen molar-refractivity contribution in [3.63, 3.8) is 0 Å². The van der Waals surface area contributed by atoms with Gasteiger partial charge in [0.25, 0.3) is 5.91 Å². The van der Waals surface area contributed by atoms with Gasteiger partial charge in [-0.2, -0.15) is 0 Å². The van der Waals surface area contributed by atoms with Gasteiger partial charge in [0.05, 0.1) is 10.6 Å². The van der Waals surface area contributed by atoms with Crippen LogP contribution < -0.4 is 5.32 Å². The van der Waals surface area contributed by atoms with Crippen LogP contribution in [0.5, 0.6) is 0 Å². The molecule has 0 spiro atoms. The first-order chi connectivity index (χ1) is 7.43. The van der Waals surface area contributed by atoms with Crippen molar-refractivity contribution < 1.29 is 19.1 Å². The fourth-order valence-electron chi connectivity index (χ4n) is 1.02. The number of carboxylic acid groups (broad SMARTS) is 1. The molecule has 2 N–H and O–H groups in total. The number of benzene rings is 1. The lowest BCUT2D eigenvalue weighted by Gasteiger charge is -2.10. The van der Waals surface area contributed by atoms with Crippen LogP contribution in [0, 0.1) is 5.82 Å².